The van der Waals surface area contributed by atoms with Gasteiger partial charge < -0.3 is 10.2 Å². The van der Waals surface area contributed by atoms with Crippen LogP contribution in [0.15, 0.2) is 24.3 Å². The molecule has 0 aromatic heterocycles. The molecule has 2 aliphatic rings. The molecule has 1 atom stereocenters. The molecule has 5 heteroatoms. The van der Waals surface area contributed by atoms with Crippen molar-refractivity contribution in [1.82, 2.24) is 15.1 Å². The number of rotatable bonds is 8. The van der Waals surface area contributed by atoms with Crippen LogP contribution >= 0.6 is 0 Å². The van der Waals surface area contributed by atoms with Gasteiger partial charge in [-0.1, -0.05) is 24.6 Å². The van der Waals surface area contributed by atoms with Gasteiger partial charge in [0.05, 0.1) is 6.04 Å². The van der Waals surface area contributed by atoms with Crippen molar-refractivity contribution in [3.05, 3.63) is 35.6 Å². The average Bonchev–Trinajstić information content (AvgIpc) is 3.19. The first kappa shape index (κ1) is 19.3. The SMILES string of the molecule is O=C(CCCN1CCCCC1)NCC(c1ccccc1F)N1CCCC1. The van der Waals surface area contributed by atoms with Crippen LogP contribution in [0.4, 0.5) is 4.39 Å². The van der Waals surface area contributed by atoms with Crippen LogP contribution < -0.4 is 5.32 Å². The Morgan fingerprint density at radius 2 is 1.73 bits per heavy atom. The molecule has 3 rings (SSSR count). The number of nitrogens with one attached hydrogen (secondary N) is 1. The summed E-state index contributed by atoms with van der Waals surface area (Å²) in [7, 11) is 0. The number of piperidine rings is 1. The highest BCUT2D eigenvalue weighted by atomic mass is 19.1. The summed E-state index contributed by atoms with van der Waals surface area (Å²) in [6, 6.07) is 6.89. The summed E-state index contributed by atoms with van der Waals surface area (Å²) in [5.74, 6) is -0.0914. The lowest BCUT2D eigenvalue weighted by Gasteiger charge is -2.28. The van der Waals surface area contributed by atoms with Gasteiger partial charge in [0.2, 0.25) is 5.91 Å². The minimum absolute atomic E-state index is 0.0651. The topological polar surface area (TPSA) is 35.6 Å². The molecule has 2 fully saturated rings. The number of carbonyl (C=O) groups excluding carboxylic acids is 1. The Morgan fingerprint density at radius 1 is 1.04 bits per heavy atom. The van der Waals surface area contributed by atoms with E-state index < -0.39 is 0 Å². The zero-order chi connectivity index (χ0) is 18.2. The van der Waals surface area contributed by atoms with Crippen LogP contribution in [-0.2, 0) is 4.79 Å². The van der Waals surface area contributed by atoms with Crippen molar-refractivity contribution in [3.63, 3.8) is 0 Å². The molecule has 1 N–H and O–H groups in total. The van der Waals surface area contributed by atoms with Crippen LogP contribution in [0, 0.1) is 5.82 Å². The van der Waals surface area contributed by atoms with E-state index in [1.165, 1.54) is 38.4 Å². The van der Waals surface area contributed by atoms with E-state index in [-0.39, 0.29) is 17.8 Å². The van der Waals surface area contributed by atoms with E-state index in [1.807, 2.05) is 12.1 Å². The normalized spacial score (nSPS) is 20.2. The molecule has 0 radical (unpaired) electrons. The Balaban J connectivity index is 1.47. The predicted molar refractivity (Wildman–Crippen MR) is 102 cm³/mol. The Labute approximate surface area is 156 Å². The van der Waals surface area contributed by atoms with E-state index in [4.69, 9.17) is 0 Å². The van der Waals surface area contributed by atoms with Crippen molar-refractivity contribution in [1.29, 1.82) is 0 Å². The lowest BCUT2D eigenvalue weighted by molar-refractivity contribution is -0.121. The third-order valence-electron chi connectivity index (χ3n) is 5.67. The molecule has 2 saturated heterocycles. The van der Waals surface area contributed by atoms with Crippen LogP contribution in [0.25, 0.3) is 0 Å². The lowest BCUT2D eigenvalue weighted by atomic mass is 10.0. The minimum Gasteiger partial charge on any atom is -0.354 e. The highest BCUT2D eigenvalue weighted by Crippen LogP contribution is 2.26. The molecular formula is C21H32FN3O. The number of halogens is 1. The first-order chi connectivity index (χ1) is 12.7. The molecule has 144 valence electrons. The van der Waals surface area contributed by atoms with Crippen LogP contribution in [0.1, 0.15) is 56.6 Å². The van der Waals surface area contributed by atoms with E-state index in [9.17, 15) is 9.18 Å². The quantitative estimate of drug-likeness (QED) is 0.771. The molecule has 2 aliphatic heterocycles. The number of benzene rings is 1. The summed E-state index contributed by atoms with van der Waals surface area (Å²) in [6.45, 7) is 5.80. The maximum atomic E-state index is 14.3. The Morgan fingerprint density at radius 3 is 2.46 bits per heavy atom. The van der Waals surface area contributed by atoms with Crippen molar-refractivity contribution >= 4 is 5.91 Å². The summed E-state index contributed by atoms with van der Waals surface area (Å²) in [4.78, 5) is 17.0. The summed E-state index contributed by atoms with van der Waals surface area (Å²) < 4.78 is 14.3. The Hall–Kier alpha value is -1.46. The van der Waals surface area contributed by atoms with Crippen molar-refractivity contribution in [3.8, 4) is 0 Å². The molecule has 1 amide bonds. The Kier molecular flexibility index (Phi) is 7.44. The number of likely N-dealkylation sites (tertiary alicyclic amines) is 2. The largest absolute Gasteiger partial charge is 0.354 e. The zero-order valence-corrected chi connectivity index (χ0v) is 15.8. The first-order valence-electron chi connectivity index (χ1n) is 10.2. The van der Waals surface area contributed by atoms with Gasteiger partial charge in [0.1, 0.15) is 5.82 Å². The van der Waals surface area contributed by atoms with Crippen molar-refractivity contribution in [2.24, 2.45) is 0 Å². The van der Waals surface area contributed by atoms with Crippen molar-refractivity contribution in [2.75, 3.05) is 39.3 Å². The summed E-state index contributed by atoms with van der Waals surface area (Å²) >= 11 is 0. The number of hydrogen-bond acceptors (Lipinski definition) is 3. The first-order valence-corrected chi connectivity index (χ1v) is 10.2. The third kappa shape index (κ3) is 5.52. The average molecular weight is 362 g/mol. The molecule has 0 aliphatic carbocycles. The van der Waals surface area contributed by atoms with E-state index in [1.54, 1.807) is 6.07 Å². The van der Waals surface area contributed by atoms with Gasteiger partial charge >= 0.3 is 0 Å². The monoisotopic (exact) mass is 361 g/mol. The minimum atomic E-state index is -0.177. The third-order valence-corrected chi connectivity index (χ3v) is 5.67. The second kappa shape index (κ2) is 10.0. The summed E-state index contributed by atoms with van der Waals surface area (Å²) in [5, 5.41) is 3.06. The van der Waals surface area contributed by atoms with Crippen LogP contribution in [0.5, 0.6) is 0 Å². The van der Waals surface area contributed by atoms with Crippen molar-refractivity contribution in [2.45, 2.75) is 51.0 Å². The maximum absolute atomic E-state index is 14.3. The molecule has 1 unspecified atom stereocenters. The van der Waals surface area contributed by atoms with Gasteiger partial charge in [0, 0.05) is 18.5 Å². The van der Waals surface area contributed by atoms with Crippen LogP contribution in [0.3, 0.4) is 0 Å². The van der Waals surface area contributed by atoms with Crippen LogP contribution in [0.2, 0.25) is 0 Å². The summed E-state index contributed by atoms with van der Waals surface area (Å²) in [6.07, 6.45) is 7.66. The standard InChI is InChI=1S/C21H32FN3O/c22-19-10-3-2-9-18(19)20(25-15-6-7-16-25)17-23-21(26)11-8-14-24-12-4-1-5-13-24/h2-3,9-10,20H,1,4-8,11-17H2,(H,23,26). The fraction of sp³-hybridized carbons (Fsp3) is 0.667. The Bertz CT molecular complexity index is 568. The molecule has 0 saturated carbocycles. The van der Waals surface area contributed by atoms with Gasteiger partial charge in [0.15, 0.2) is 0 Å². The number of amides is 1. The highest BCUT2D eigenvalue weighted by molar-refractivity contribution is 5.75. The van der Waals surface area contributed by atoms with Gasteiger partial charge in [-0.3, -0.25) is 9.69 Å². The van der Waals surface area contributed by atoms with Gasteiger partial charge in [-0.15, -0.1) is 0 Å². The van der Waals surface area contributed by atoms with Gasteiger partial charge in [-0.25, -0.2) is 4.39 Å². The van der Waals surface area contributed by atoms with E-state index in [0.717, 1.165) is 38.9 Å². The zero-order valence-electron chi connectivity index (χ0n) is 15.8. The van der Waals surface area contributed by atoms with E-state index in [2.05, 4.69) is 15.1 Å². The molecule has 2 heterocycles. The molecule has 0 spiro atoms. The molecule has 4 nitrogen and oxygen atoms in total. The number of hydrogen-bond donors (Lipinski definition) is 1. The molecule has 0 bridgehead atoms. The maximum Gasteiger partial charge on any atom is 0.220 e. The second-order valence-electron chi connectivity index (χ2n) is 7.59. The van der Waals surface area contributed by atoms with Gasteiger partial charge in [-0.2, -0.15) is 0 Å². The fourth-order valence-electron chi connectivity index (χ4n) is 4.18. The van der Waals surface area contributed by atoms with E-state index in [0.29, 0.717) is 18.5 Å². The molecular weight excluding hydrogens is 329 g/mol. The molecule has 1 aromatic rings. The summed E-state index contributed by atoms with van der Waals surface area (Å²) in [5.41, 5.74) is 0.697. The number of carbonyl (C=O) groups is 1. The number of nitrogens with zero attached hydrogens (tertiary/aromatic N) is 2. The smallest absolute Gasteiger partial charge is 0.220 e. The highest BCUT2D eigenvalue weighted by Gasteiger charge is 2.26. The van der Waals surface area contributed by atoms with E-state index >= 15 is 0 Å². The van der Waals surface area contributed by atoms with Crippen molar-refractivity contribution < 1.29 is 9.18 Å². The lowest BCUT2D eigenvalue weighted by Crippen LogP contribution is -2.37. The predicted octanol–water partition coefficient (Wildman–Crippen LogP) is 3.34. The van der Waals surface area contributed by atoms with Gasteiger partial charge in [-0.05, 0) is 70.9 Å². The van der Waals surface area contributed by atoms with Gasteiger partial charge in [0.25, 0.3) is 0 Å². The molecule has 1 aromatic carbocycles. The van der Waals surface area contributed by atoms with Crippen LogP contribution in [-0.4, -0.2) is 55.0 Å². The molecule has 26 heavy (non-hydrogen) atoms. The second-order valence-corrected chi connectivity index (χ2v) is 7.59. The fourth-order valence-corrected chi connectivity index (χ4v) is 4.18.